The number of carbonyl (C=O) groups excluding carboxylic acids is 1. The molecule has 0 spiro atoms. The molecule has 0 aliphatic rings. The second-order valence-corrected chi connectivity index (χ2v) is 3.60. The summed E-state index contributed by atoms with van der Waals surface area (Å²) < 4.78 is 45.4. The molecule has 0 heterocycles. The molecule has 0 aliphatic heterocycles. The number of ether oxygens (including phenoxy) is 2. The number of rotatable bonds is 5. The van der Waals surface area contributed by atoms with Crippen LogP contribution in [0.15, 0.2) is 24.3 Å². The summed E-state index contributed by atoms with van der Waals surface area (Å²) in [6.07, 6.45) is -4.82. The van der Waals surface area contributed by atoms with Gasteiger partial charge in [-0.1, -0.05) is 25.1 Å². The fourth-order valence-corrected chi connectivity index (χ4v) is 1.58. The van der Waals surface area contributed by atoms with Gasteiger partial charge in [-0.3, -0.25) is 0 Å². The van der Waals surface area contributed by atoms with Crippen LogP contribution in [0.3, 0.4) is 0 Å². The molecule has 1 unspecified atom stereocenters. The second kappa shape index (κ2) is 6.42. The SMILES string of the molecule is CCNC(C(=O)OC)c1ccccc1OC(F)(F)F. The van der Waals surface area contributed by atoms with Gasteiger partial charge in [0.1, 0.15) is 11.8 Å². The normalized spacial score (nSPS) is 12.9. The first kappa shape index (κ1) is 15.3. The van der Waals surface area contributed by atoms with Crippen molar-refractivity contribution in [3.8, 4) is 5.75 Å². The van der Waals surface area contributed by atoms with Gasteiger partial charge < -0.3 is 14.8 Å². The third-order valence-electron chi connectivity index (χ3n) is 2.30. The predicted octanol–water partition coefficient (Wildman–Crippen LogP) is 2.41. The molecule has 106 valence electrons. The summed E-state index contributed by atoms with van der Waals surface area (Å²) in [6, 6.07) is 4.44. The Bertz CT molecular complexity index is 434. The highest BCUT2D eigenvalue weighted by atomic mass is 19.4. The van der Waals surface area contributed by atoms with Crippen molar-refractivity contribution in [1.82, 2.24) is 5.32 Å². The van der Waals surface area contributed by atoms with Crippen molar-refractivity contribution in [1.29, 1.82) is 0 Å². The topological polar surface area (TPSA) is 47.6 Å². The Labute approximate surface area is 108 Å². The first-order valence-corrected chi connectivity index (χ1v) is 5.55. The van der Waals surface area contributed by atoms with Crippen molar-refractivity contribution in [3.05, 3.63) is 29.8 Å². The van der Waals surface area contributed by atoms with Crippen molar-refractivity contribution in [2.24, 2.45) is 0 Å². The Morgan fingerprint density at radius 2 is 2.00 bits per heavy atom. The second-order valence-electron chi connectivity index (χ2n) is 3.60. The molecule has 19 heavy (non-hydrogen) atoms. The Morgan fingerprint density at radius 3 is 2.53 bits per heavy atom. The van der Waals surface area contributed by atoms with Crippen LogP contribution in [0, 0.1) is 0 Å². The van der Waals surface area contributed by atoms with E-state index in [2.05, 4.69) is 14.8 Å². The molecule has 0 saturated carbocycles. The van der Waals surface area contributed by atoms with E-state index in [4.69, 9.17) is 0 Å². The molecule has 1 N–H and O–H groups in total. The van der Waals surface area contributed by atoms with Gasteiger partial charge in [-0.15, -0.1) is 13.2 Å². The van der Waals surface area contributed by atoms with Gasteiger partial charge in [-0.05, 0) is 12.6 Å². The molecule has 1 rings (SSSR count). The van der Waals surface area contributed by atoms with E-state index in [-0.39, 0.29) is 5.56 Å². The highest BCUT2D eigenvalue weighted by Gasteiger charge is 2.34. The minimum Gasteiger partial charge on any atom is -0.468 e. The summed E-state index contributed by atoms with van der Waals surface area (Å²) in [5.74, 6) is -1.11. The monoisotopic (exact) mass is 277 g/mol. The Hall–Kier alpha value is -1.76. The molecule has 0 bridgehead atoms. The lowest BCUT2D eigenvalue weighted by atomic mass is 10.1. The quantitative estimate of drug-likeness (QED) is 0.840. The van der Waals surface area contributed by atoms with E-state index in [0.717, 1.165) is 6.07 Å². The largest absolute Gasteiger partial charge is 0.573 e. The molecule has 0 saturated heterocycles. The maximum atomic E-state index is 12.3. The Balaban J connectivity index is 3.12. The molecule has 4 nitrogen and oxygen atoms in total. The summed E-state index contributed by atoms with van der Waals surface area (Å²) >= 11 is 0. The number of para-hydroxylation sites is 1. The van der Waals surface area contributed by atoms with Crippen LogP contribution in [0.1, 0.15) is 18.5 Å². The molecule has 0 aromatic heterocycles. The van der Waals surface area contributed by atoms with Gasteiger partial charge in [0.05, 0.1) is 7.11 Å². The standard InChI is InChI=1S/C12H14F3NO3/c1-3-16-10(11(17)18-2)8-6-4-5-7-9(8)19-12(13,14)15/h4-7,10,16H,3H2,1-2H3. The van der Waals surface area contributed by atoms with Crippen molar-refractivity contribution in [2.75, 3.05) is 13.7 Å². The predicted molar refractivity (Wildman–Crippen MR) is 61.6 cm³/mol. The number of benzene rings is 1. The zero-order chi connectivity index (χ0) is 14.5. The number of esters is 1. The van der Waals surface area contributed by atoms with Crippen molar-refractivity contribution in [3.63, 3.8) is 0 Å². The lowest BCUT2D eigenvalue weighted by molar-refractivity contribution is -0.275. The van der Waals surface area contributed by atoms with Crippen molar-refractivity contribution < 1.29 is 27.4 Å². The number of nitrogens with one attached hydrogen (secondary N) is 1. The zero-order valence-electron chi connectivity index (χ0n) is 10.5. The van der Waals surface area contributed by atoms with Crippen LogP contribution in [0.2, 0.25) is 0 Å². The number of alkyl halides is 3. The van der Waals surface area contributed by atoms with E-state index < -0.39 is 24.1 Å². The number of hydrogen-bond acceptors (Lipinski definition) is 4. The molecule has 0 aliphatic carbocycles. The van der Waals surface area contributed by atoms with Gasteiger partial charge in [0.25, 0.3) is 0 Å². The average molecular weight is 277 g/mol. The maximum Gasteiger partial charge on any atom is 0.573 e. The Morgan fingerprint density at radius 1 is 1.37 bits per heavy atom. The summed E-state index contributed by atoms with van der Waals surface area (Å²) in [5, 5.41) is 2.75. The van der Waals surface area contributed by atoms with Gasteiger partial charge >= 0.3 is 12.3 Å². The fourth-order valence-electron chi connectivity index (χ4n) is 1.58. The van der Waals surface area contributed by atoms with E-state index >= 15 is 0 Å². The molecule has 0 fully saturated rings. The first-order chi connectivity index (χ1) is 8.89. The van der Waals surface area contributed by atoms with E-state index in [9.17, 15) is 18.0 Å². The van der Waals surface area contributed by atoms with Gasteiger partial charge in [-0.25, -0.2) is 4.79 Å². The van der Waals surface area contributed by atoms with Crippen LogP contribution in [0.25, 0.3) is 0 Å². The summed E-state index contributed by atoms with van der Waals surface area (Å²) in [5.41, 5.74) is 0.0773. The third-order valence-corrected chi connectivity index (χ3v) is 2.30. The van der Waals surface area contributed by atoms with Crippen LogP contribution in [-0.4, -0.2) is 26.0 Å². The van der Waals surface area contributed by atoms with E-state index in [0.29, 0.717) is 6.54 Å². The summed E-state index contributed by atoms with van der Waals surface area (Å²) in [4.78, 5) is 11.6. The zero-order valence-corrected chi connectivity index (χ0v) is 10.5. The van der Waals surface area contributed by atoms with Gasteiger partial charge in [0, 0.05) is 5.56 Å². The first-order valence-electron chi connectivity index (χ1n) is 5.55. The summed E-state index contributed by atoms with van der Waals surface area (Å²) in [6.45, 7) is 2.11. The van der Waals surface area contributed by atoms with Crippen molar-refractivity contribution >= 4 is 5.97 Å². The number of halogens is 3. The lowest BCUT2D eigenvalue weighted by Crippen LogP contribution is -2.30. The van der Waals surface area contributed by atoms with Gasteiger partial charge in [0.2, 0.25) is 0 Å². The molecule has 1 aromatic rings. The molecule has 1 atom stereocenters. The molecule has 7 heteroatoms. The van der Waals surface area contributed by atoms with E-state index in [1.807, 2.05) is 0 Å². The highest BCUT2D eigenvalue weighted by molar-refractivity contribution is 5.78. The van der Waals surface area contributed by atoms with Gasteiger partial charge in [0.15, 0.2) is 0 Å². The fraction of sp³-hybridized carbons (Fsp3) is 0.417. The minimum absolute atomic E-state index is 0.0773. The molecular formula is C12H14F3NO3. The van der Waals surface area contributed by atoms with Crippen LogP contribution >= 0.6 is 0 Å². The molecule has 1 aromatic carbocycles. The number of methoxy groups -OCH3 is 1. The molecule has 0 amide bonds. The lowest BCUT2D eigenvalue weighted by Gasteiger charge is -2.19. The minimum atomic E-state index is -4.82. The molecular weight excluding hydrogens is 263 g/mol. The van der Waals surface area contributed by atoms with Crippen LogP contribution < -0.4 is 10.1 Å². The highest BCUT2D eigenvalue weighted by Crippen LogP contribution is 2.30. The maximum absolute atomic E-state index is 12.3. The van der Waals surface area contributed by atoms with E-state index in [1.54, 1.807) is 6.92 Å². The summed E-state index contributed by atoms with van der Waals surface area (Å²) in [7, 11) is 1.17. The number of carbonyl (C=O) groups is 1. The van der Waals surface area contributed by atoms with Crippen LogP contribution in [-0.2, 0) is 9.53 Å². The number of likely N-dealkylation sites (N-methyl/N-ethyl adjacent to an activating group) is 1. The Kier molecular flexibility index (Phi) is 5.17. The number of hydrogen-bond donors (Lipinski definition) is 1. The molecule has 0 radical (unpaired) electrons. The van der Waals surface area contributed by atoms with Crippen LogP contribution in [0.4, 0.5) is 13.2 Å². The van der Waals surface area contributed by atoms with Crippen molar-refractivity contribution in [2.45, 2.75) is 19.3 Å². The van der Waals surface area contributed by atoms with Gasteiger partial charge in [-0.2, -0.15) is 0 Å². The third kappa shape index (κ3) is 4.44. The smallest absolute Gasteiger partial charge is 0.468 e. The van der Waals surface area contributed by atoms with Crippen LogP contribution in [0.5, 0.6) is 5.75 Å². The average Bonchev–Trinajstić information content (AvgIpc) is 2.34. The van der Waals surface area contributed by atoms with E-state index in [1.165, 1.54) is 25.3 Å².